The van der Waals surface area contributed by atoms with E-state index in [0.29, 0.717) is 29.6 Å². The summed E-state index contributed by atoms with van der Waals surface area (Å²) in [4.78, 5) is 36.7. The lowest BCUT2D eigenvalue weighted by Gasteiger charge is -2.36. The average Bonchev–Trinajstić information content (AvgIpc) is 3.23. The van der Waals surface area contributed by atoms with Gasteiger partial charge in [0.2, 0.25) is 0 Å². The Morgan fingerprint density at radius 3 is 2.36 bits per heavy atom. The molecule has 2 unspecified atom stereocenters. The van der Waals surface area contributed by atoms with Crippen molar-refractivity contribution in [1.82, 2.24) is 29.7 Å². The Hall–Kier alpha value is -2.24. The summed E-state index contributed by atoms with van der Waals surface area (Å²) in [5.41, 5.74) is 5.33. The molecule has 2 aliphatic carbocycles. The third-order valence-corrected chi connectivity index (χ3v) is 8.81. The second-order valence-corrected chi connectivity index (χ2v) is 12.9. The molecule has 2 saturated carbocycles. The molecular weight excluding hydrogens is 521 g/mol. The molecule has 0 spiro atoms. The minimum Gasteiger partial charge on any atom is -0.461 e. The van der Waals surface area contributed by atoms with Gasteiger partial charge in [-0.25, -0.2) is 15.0 Å². The maximum atomic E-state index is 12.7. The quantitative estimate of drug-likeness (QED) is 0.186. The summed E-state index contributed by atoms with van der Waals surface area (Å²) in [6.45, 7) is 9.56. The van der Waals surface area contributed by atoms with Gasteiger partial charge in [0.05, 0.1) is 45.2 Å². The molecule has 12 nitrogen and oxygen atoms in total. The molecule has 0 radical (unpaired) electrons. The molecule has 39 heavy (non-hydrogen) atoms. The molecule has 0 aliphatic heterocycles. The van der Waals surface area contributed by atoms with Gasteiger partial charge in [-0.15, -0.1) is 0 Å². The number of aromatic nitrogens is 4. The van der Waals surface area contributed by atoms with Crippen LogP contribution in [0.4, 0.5) is 5.82 Å². The fourth-order valence-electron chi connectivity index (χ4n) is 3.81. The third kappa shape index (κ3) is 9.14. The lowest BCUT2D eigenvalue weighted by atomic mass is 9.96. The molecular formula is C26H44N7O5P. The van der Waals surface area contributed by atoms with Gasteiger partial charge in [0, 0.05) is 7.11 Å². The normalized spacial score (nSPS) is 17.9. The molecule has 2 atom stereocenters. The molecule has 2 fully saturated rings. The van der Waals surface area contributed by atoms with Gasteiger partial charge >= 0.3 is 5.97 Å². The zero-order chi connectivity index (χ0) is 28.6. The number of nitrogens with one attached hydrogen (secondary N) is 2. The summed E-state index contributed by atoms with van der Waals surface area (Å²) in [6.07, 6.45) is 11.5. The molecule has 2 aliphatic rings. The van der Waals surface area contributed by atoms with Gasteiger partial charge < -0.3 is 29.3 Å². The molecule has 218 valence electrons. The smallest absolute Gasteiger partial charge is 0.326 e. The summed E-state index contributed by atoms with van der Waals surface area (Å²) in [5, 5.41) is 6.61. The highest BCUT2D eigenvalue weighted by Gasteiger charge is 2.36. The molecule has 0 bridgehead atoms. The van der Waals surface area contributed by atoms with Gasteiger partial charge in [-0.2, -0.15) is 0 Å². The highest BCUT2D eigenvalue weighted by molar-refractivity contribution is 7.53. The first-order valence-corrected chi connectivity index (χ1v) is 15.0. The van der Waals surface area contributed by atoms with Gasteiger partial charge in [-0.05, 0) is 73.1 Å². The van der Waals surface area contributed by atoms with Crippen molar-refractivity contribution in [3.63, 3.8) is 0 Å². The van der Waals surface area contributed by atoms with Crippen molar-refractivity contribution in [2.75, 3.05) is 19.2 Å². The van der Waals surface area contributed by atoms with Gasteiger partial charge in [0.25, 0.3) is 0 Å². The molecule has 2 aromatic rings. The van der Waals surface area contributed by atoms with E-state index in [0.717, 1.165) is 25.5 Å². The molecule has 0 amide bonds. The summed E-state index contributed by atoms with van der Waals surface area (Å²) in [5.74, 6) is 0.0250. The van der Waals surface area contributed by atoms with Crippen molar-refractivity contribution in [2.45, 2.75) is 109 Å². The van der Waals surface area contributed by atoms with Crippen molar-refractivity contribution >= 4 is 37.5 Å². The minimum absolute atomic E-state index is 0.00306. The van der Waals surface area contributed by atoms with Gasteiger partial charge in [0.15, 0.2) is 11.5 Å². The topological polar surface area (TPSA) is 156 Å². The van der Waals surface area contributed by atoms with Crippen LogP contribution in [0, 0.1) is 0 Å². The van der Waals surface area contributed by atoms with E-state index in [1.54, 1.807) is 41.1 Å². The average molecular weight is 566 g/mol. The van der Waals surface area contributed by atoms with Crippen LogP contribution in [0.3, 0.4) is 0 Å². The first-order chi connectivity index (χ1) is 18.4. The summed E-state index contributed by atoms with van der Waals surface area (Å²) in [6, 6.07) is 0. The van der Waals surface area contributed by atoms with Crippen molar-refractivity contribution < 1.29 is 23.8 Å². The van der Waals surface area contributed by atoms with E-state index >= 15 is 0 Å². The lowest BCUT2D eigenvalue weighted by Crippen LogP contribution is -2.51. The Morgan fingerprint density at radius 2 is 1.82 bits per heavy atom. The van der Waals surface area contributed by atoms with Crippen LogP contribution in [0.1, 0.15) is 73.1 Å². The number of imidazole rings is 1. The Labute approximate surface area is 232 Å². The number of fused-ring (bicyclic) bond motifs is 1. The number of ether oxygens (including phenoxy) is 3. The summed E-state index contributed by atoms with van der Waals surface area (Å²) in [7, 11) is 0.535. The molecule has 2 heterocycles. The van der Waals surface area contributed by atoms with Crippen LogP contribution in [0.2, 0.25) is 0 Å². The van der Waals surface area contributed by atoms with E-state index in [1.807, 2.05) is 11.5 Å². The minimum atomic E-state index is -1.25. The van der Waals surface area contributed by atoms with Crippen LogP contribution in [0.5, 0.6) is 0 Å². The third-order valence-electron chi connectivity index (χ3n) is 6.73. The zero-order valence-electron chi connectivity index (χ0n) is 24.0. The fourth-order valence-corrected chi connectivity index (χ4v) is 5.91. The number of nitrogen functional groups attached to an aromatic ring is 1. The number of carbonyl (C=O) groups is 2. The lowest BCUT2D eigenvalue weighted by molar-refractivity contribution is -0.158. The summed E-state index contributed by atoms with van der Waals surface area (Å²) >= 11 is 0. The number of methoxy groups -OCH3 is 1. The number of nitrogens with two attached hydrogens (primary N) is 1. The maximum absolute atomic E-state index is 12.7. The first kappa shape index (κ1) is 31.3. The van der Waals surface area contributed by atoms with E-state index in [1.165, 1.54) is 25.6 Å². The fraction of sp³-hybridized carbons (Fsp3) is 0.731. The first-order valence-electron chi connectivity index (χ1n) is 13.5. The maximum Gasteiger partial charge on any atom is 0.326 e. The largest absolute Gasteiger partial charge is 0.461 e. The van der Waals surface area contributed by atoms with Crippen molar-refractivity contribution in [3.05, 3.63) is 12.7 Å². The van der Waals surface area contributed by atoms with Crippen LogP contribution in [-0.2, 0) is 30.3 Å². The number of esters is 1. The Kier molecular flexibility index (Phi) is 11.1. The number of anilines is 1. The second-order valence-electron chi connectivity index (χ2n) is 11.3. The van der Waals surface area contributed by atoms with Crippen molar-refractivity contribution in [2.24, 2.45) is 0 Å². The predicted molar refractivity (Wildman–Crippen MR) is 151 cm³/mol. The molecule has 2 aromatic heterocycles. The number of rotatable bonds is 13. The number of carbonyl (C=O) groups excluding carboxylic acids is 2. The summed E-state index contributed by atoms with van der Waals surface area (Å²) < 4.78 is 18.5. The monoisotopic (exact) mass is 565 g/mol. The standard InChI is InChI=1S/C21H34N7O4P.C5H10O/c1-14(9-28-12-25-16-17(22)23-11-24-18(16)28)31-13-33(26-20(2,3)10-29)27-21(4,5)19(30)32-15-7-6-8-15;1-6-5-3-2-4-5/h10-12,14-15,26-27H,6-9,13H2,1-5H3,(H2,22,23,24);5H,2-4H2,1H3. The van der Waals surface area contributed by atoms with E-state index in [-0.39, 0.29) is 24.5 Å². The second kappa shape index (κ2) is 13.9. The highest BCUT2D eigenvalue weighted by Crippen LogP contribution is 2.34. The van der Waals surface area contributed by atoms with Crippen LogP contribution >= 0.6 is 8.22 Å². The Balaban J connectivity index is 0.000000617. The van der Waals surface area contributed by atoms with Crippen LogP contribution < -0.4 is 15.9 Å². The molecule has 0 saturated heterocycles. The SMILES string of the molecule is CC(Cn1cnc2c(N)ncnc21)OCP(NC(C)(C)C=O)NC(C)(C)C(=O)OC1CCC1.COC1CCC1. The number of hydrogen-bond donors (Lipinski definition) is 3. The predicted octanol–water partition coefficient (Wildman–Crippen LogP) is 3.30. The van der Waals surface area contributed by atoms with E-state index in [2.05, 4.69) is 25.1 Å². The van der Waals surface area contributed by atoms with Gasteiger partial charge in [-0.1, -0.05) is 0 Å². The van der Waals surface area contributed by atoms with Gasteiger partial charge in [0.1, 0.15) is 29.8 Å². The Bertz CT molecular complexity index is 1090. The van der Waals surface area contributed by atoms with Crippen LogP contribution in [0.25, 0.3) is 11.2 Å². The van der Waals surface area contributed by atoms with Crippen molar-refractivity contribution in [3.8, 4) is 0 Å². The molecule has 13 heteroatoms. The van der Waals surface area contributed by atoms with Crippen LogP contribution in [0.15, 0.2) is 12.7 Å². The highest BCUT2D eigenvalue weighted by atomic mass is 31.1. The molecule has 0 aromatic carbocycles. The van der Waals surface area contributed by atoms with Crippen molar-refractivity contribution in [1.29, 1.82) is 0 Å². The number of nitrogens with zero attached hydrogens (tertiary/aromatic N) is 4. The number of hydrogen-bond acceptors (Lipinski definition) is 11. The Morgan fingerprint density at radius 1 is 1.15 bits per heavy atom. The van der Waals surface area contributed by atoms with E-state index in [4.69, 9.17) is 19.9 Å². The molecule has 4 rings (SSSR count). The van der Waals surface area contributed by atoms with E-state index in [9.17, 15) is 9.59 Å². The van der Waals surface area contributed by atoms with Crippen LogP contribution in [-0.4, -0.2) is 74.6 Å². The number of aldehydes is 1. The zero-order valence-corrected chi connectivity index (χ0v) is 24.9. The van der Waals surface area contributed by atoms with Gasteiger partial charge in [-0.3, -0.25) is 15.0 Å². The molecule has 4 N–H and O–H groups in total. The van der Waals surface area contributed by atoms with E-state index < -0.39 is 19.3 Å².